The van der Waals surface area contributed by atoms with Crippen molar-refractivity contribution in [2.45, 2.75) is 20.3 Å². The number of rotatable bonds is 4. The van der Waals surface area contributed by atoms with Gasteiger partial charge in [-0.25, -0.2) is 8.78 Å². The summed E-state index contributed by atoms with van der Waals surface area (Å²) in [6.07, 6.45) is -2.49. The van der Waals surface area contributed by atoms with Gasteiger partial charge in [0.2, 0.25) is 0 Å². The largest absolute Gasteiger partial charge is 0.399 e. The van der Waals surface area contributed by atoms with Crippen LogP contribution in [0, 0.1) is 5.92 Å². The molecule has 0 heterocycles. The van der Waals surface area contributed by atoms with E-state index in [-0.39, 0.29) is 5.56 Å². The Balaban J connectivity index is 3.02. The van der Waals surface area contributed by atoms with Gasteiger partial charge in [0.15, 0.2) is 0 Å². The molecule has 16 heavy (non-hydrogen) atoms. The highest BCUT2D eigenvalue weighted by Crippen LogP contribution is 2.31. The summed E-state index contributed by atoms with van der Waals surface area (Å²) in [4.78, 5) is 1.84. The molecule has 0 aliphatic carbocycles. The molecule has 0 saturated carbocycles. The maximum absolute atomic E-state index is 12.8. The summed E-state index contributed by atoms with van der Waals surface area (Å²) < 4.78 is 25.6. The Kier molecular flexibility index (Phi) is 4.10. The number of halogens is 2. The minimum absolute atomic E-state index is 0.00292. The van der Waals surface area contributed by atoms with E-state index in [1.165, 1.54) is 6.07 Å². The molecule has 0 spiro atoms. The average molecular weight is 228 g/mol. The summed E-state index contributed by atoms with van der Waals surface area (Å²) in [5.41, 5.74) is 6.44. The fourth-order valence-corrected chi connectivity index (χ4v) is 1.74. The number of hydrogen-bond donors (Lipinski definition) is 1. The maximum Gasteiger partial charge on any atom is 0.265 e. The van der Waals surface area contributed by atoms with Gasteiger partial charge in [-0.15, -0.1) is 0 Å². The molecule has 0 bridgehead atoms. The molecule has 0 aromatic heterocycles. The molecule has 1 aromatic carbocycles. The van der Waals surface area contributed by atoms with Gasteiger partial charge in [0, 0.05) is 30.5 Å². The zero-order valence-corrected chi connectivity index (χ0v) is 9.87. The lowest BCUT2D eigenvalue weighted by atomic mass is 10.1. The van der Waals surface area contributed by atoms with Gasteiger partial charge in [-0.1, -0.05) is 13.8 Å². The van der Waals surface area contributed by atoms with Crippen LogP contribution in [0.15, 0.2) is 18.2 Å². The van der Waals surface area contributed by atoms with E-state index in [1.807, 2.05) is 11.9 Å². The smallest absolute Gasteiger partial charge is 0.265 e. The quantitative estimate of drug-likeness (QED) is 0.801. The first-order valence-corrected chi connectivity index (χ1v) is 5.30. The molecule has 0 unspecified atom stereocenters. The third-order valence-electron chi connectivity index (χ3n) is 2.34. The summed E-state index contributed by atoms with van der Waals surface area (Å²) in [7, 11) is 1.82. The number of nitrogens with two attached hydrogens (primary N) is 1. The van der Waals surface area contributed by atoms with Gasteiger partial charge in [0.1, 0.15) is 0 Å². The Bertz CT molecular complexity index is 351. The van der Waals surface area contributed by atoms with Crippen LogP contribution in [0.5, 0.6) is 0 Å². The molecular weight excluding hydrogens is 210 g/mol. The number of anilines is 2. The maximum atomic E-state index is 12.8. The minimum atomic E-state index is -2.49. The van der Waals surface area contributed by atoms with Crippen LogP contribution in [0.3, 0.4) is 0 Å². The molecule has 0 radical (unpaired) electrons. The summed E-state index contributed by atoms with van der Waals surface area (Å²) in [6, 6.07) is 4.65. The lowest BCUT2D eigenvalue weighted by Gasteiger charge is -2.24. The van der Waals surface area contributed by atoms with Gasteiger partial charge < -0.3 is 10.6 Å². The molecule has 4 heteroatoms. The highest BCUT2D eigenvalue weighted by molar-refractivity contribution is 5.59. The Morgan fingerprint density at radius 1 is 1.31 bits per heavy atom. The average Bonchev–Trinajstić information content (AvgIpc) is 2.16. The monoisotopic (exact) mass is 228 g/mol. The first-order valence-electron chi connectivity index (χ1n) is 5.30. The Morgan fingerprint density at radius 3 is 2.44 bits per heavy atom. The van der Waals surface area contributed by atoms with Crippen LogP contribution < -0.4 is 10.6 Å². The van der Waals surface area contributed by atoms with E-state index in [1.54, 1.807) is 12.1 Å². The summed E-state index contributed by atoms with van der Waals surface area (Å²) in [6.45, 7) is 4.84. The van der Waals surface area contributed by atoms with Crippen molar-refractivity contribution in [1.82, 2.24) is 0 Å². The molecule has 0 amide bonds. The third-order valence-corrected chi connectivity index (χ3v) is 2.34. The van der Waals surface area contributed by atoms with E-state index in [0.717, 1.165) is 6.54 Å². The van der Waals surface area contributed by atoms with Gasteiger partial charge in [-0.05, 0) is 24.1 Å². The molecule has 90 valence electrons. The van der Waals surface area contributed by atoms with E-state index in [0.29, 0.717) is 17.3 Å². The van der Waals surface area contributed by atoms with E-state index in [9.17, 15) is 8.78 Å². The van der Waals surface area contributed by atoms with Crippen LogP contribution in [-0.2, 0) is 0 Å². The molecule has 2 N–H and O–H groups in total. The zero-order valence-electron chi connectivity index (χ0n) is 9.87. The zero-order chi connectivity index (χ0) is 12.3. The lowest BCUT2D eigenvalue weighted by molar-refractivity contribution is 0.152. The Morgan fingerprint density at radius 2 is 1.94 bits per heavy atom. The van der Waals surface area contributed by atoms with E-state index < -0.39 is 6.43 Å². The van der Waals surface area contributed by atoms with Crippen molar-refractivity contribution >= 4 is 11.4 Å². The van der Waals surface area contributed by atoms with E-state index in [4.69, 9.17) is 5.73 Å². The van der Waals surface area contributed by atoms with Crippen molar-refractivity contribution in [2.75, 3.05) is 24.2 Å². The van der Waals surface area contributed by atoms with Gasteiger partial charge in [-0.2, -0.15) is 0 Å². The van der Waals surface area contributed by atoms with Crippen molar-refractivity contribution < 1.29 is 8.78 Å². The van der Waals surface area contributed by atoms with E-state index >= 15 is 0 Å². The second kappa shape index (κ2) is 5.14. The fourth-order valence-electron chi connectivity index (χ4n) is 1.74. The third kappa shape index (κ3) is 3.08. The van der Waals surface area contributed by atoms with E-state index in [2.05, 4.69) is 13.8 Å². The Hall–Kier alpha value is -1.32. The highest BCUT2D eigenvalue weighted by atomic mass is 19.3. The van der Waals surface area contributed by atoms with Crippen LogP contribution in [0.4, 0.5) is 20.2 Å². The predicted molar refractivity (Wildman–Crippen MR) is 63.9 cm³/mol. The topological polar surface area (TPSA) is 29.3 Å². The highest BCUT2D eigenvalue weighted by Gasteiger charge is 2.16. The standard InChI is InChI=1S/C12H18F2N2/c1-8(2)7-16(3)11-5-4-9(15)6-10(11)12(13)14/h4-6,8,12H,7,15H2,1-3H3. The molecule has 0 aliphatic heterocycles. The first kappa shape index (κ1) is 12.7. The molecule has 0 aliphatic rings. The van der Waals surface area contributed by atoms with Gasteiger partial charge in [0.25, 0.3) is 6.43 Å². The van der Waals surface area contributed by atoms with Crippen LogP contribution in [0.1, 0.15) is 25.8 Å². The predicted octanol–water partition coefficient (Wildman–Crippen LogP) is 3.30. The van der Waals surface area contributed by atoms with Crippen LogP contribution >= 0.6 is 0 Å². The van der Waals surface area contributed by atoms with Gasteiger partial charge in [-0.3, -0.25) is 0 Å². The van der Waals surface area contributed by atoms with Crippen molar-refractivity contribution in [2.24, 2.45) is 5.92 Å². The Labute approximate surface area is 95.1 Å². The summed E-state index contributed by atoms with van der Waals surface area (Å²) in [5, 5.41) is 0. The minimum Gasteiger partial charge on any atom is -0.399 e. The van der Waals surface area contributed by atoms with Crippen molar-refractivity contribution in [3.05, 3.63) is 23.8 Å². The van der Waals surface area contributed by atoms with Gasteiger partial charge >= 0.3 is 0 Å². The van der Waals surface area contributed by atoms with Crippen molar-refractivity contribution in [3.63, 3.8) is 0 Å². The van der Waals surface area contributed by atoms with Crippen LogP contribution in [0.2, 0.25) is 0 Å². The SMILES string of the molecule is CC(C)CN(C)c1ccc(N)cc1C(F)F. The molecule has 0 atom stereocenters. The number of nitrogens with zero attached hydrogens (tertiary/aromatic N) is 1. The summed E-state index contributed by atoms with van der Waals surface area (Å²) in [5.74, 6) is 0.424. The molecular formula is C12H18F2N2. The molecule has 2 nitrogen and oxygen atoms in total. The second-order valence-electron chi connectivity index (χ2n) is 4.39. The number of benzene rings is 1. The number of nitrogen functional groups attached to an aromatic ring is 1. The lowest BCUT2D eigenvalue weighted by Crippen LogP contribution is -2.23. The number of alkyl halides is 2. The normalized spacial score (nSPS) is 11.2. The number of hydrogen-bond acceptors (Lipinski definition) is 2. The summed E-state index contributed by atoms with van der Waals surface area (Å²) >= 11 is 0. The van der Waals surface area contributed by atoms with Gasteiger partial charge in [0.05, 0.1) is 0 Å². The molecule has 1 rings (SSSR count). The second-order valence-corrected chi connectivity index (χ2v) is 4.39. The first-order chi connectivity index (χ1) is 7.41. The molecule has 1 aromatic rings. The van der Waals surface area contributed by atoms with Crippen molar-refractivity contribution in [3.8, 4) is 0 Å². The fraction of sp³-hybridized carbons (Fsp3) is 0.500. The molecule has 0 fully saturated rings. The van der Waals surface area contributed by atoms with Crippen LogP contribution in [0.25, 0.3) is 0 Å². The van der Waals surface area contributed by atoms with Crippen LogP contribution in [-0.4, -0.2) is 13.6 Å². The molecule has 0 saturated heterocycles. The van der Waals surface area contributed by atoms with Crippen molar-refractivity contribution in [1.29, 1.82) is 0 Å².